The molecule has 1 aliphatic carbocycles. The van der Waals surface area contributed by atoms with Crippen molar-refractivity contribution in [2.24, 2.45) is 5.92 Å². The van der Waals surface area contributed by atoms with Gasteiger partial charge in [0.05, 0.1) is 6.10 Å². The van der Waals surface area contributed by atoms with Crippen LogP contribution in [0.4, 0.5) is 10.5 Å². The molecule has 0 unspecified atom stereocenters. The minimum Gasteiger partial charge on any atom is -0.391 e. The van der Waals surface area contributed by atoms with Crippen molar-refractivity contribution in [2.75, 3.05) is 25.0 Å². The summed E-state index contributed by atoms with van der Waals surface area (Å²) in [6.45, 7) is 7.76. The molecule has 5 N–H and O–H groups in total. The van der Waals surface area contributed by atoms with Crippen molar-refractivity contribution in [3.63, 3.8) is 0 Å². The minimum absolute atomic E-state index is 0.0388. The van der Waals surface area contributed by atoms with E-state index in [0.717, 1.165) is 11.1 Å². The van der Waals surface area contributed by atoms with Crippen LogP contribution in [0, 0.1) is 12.8 Å². The molecule has 8 atom stereocenters. The number of nitrogens with one attached hydrogen (secondary N) is 4. The second kappa shape index (κ2) is 17.9. The maximum Gasteiger partial charge on any atom is 0.319 e. The number of aliphatic hydroxyl groups is 1. The first-order valence-electron chi connectivity index (χ1n) is 20.2. The lowest BCUT2D eigenvalue weighted by molar-refractivity contribution is -0.152. The highest BCUT2D eigenvalue weighted by Crippen LogP contribution is 2.48. The zero-order chi connectivity index (χ0) is 41.9. The predicted molar refractivity (Wildman–Crippen MR) is 215 cm³/mol. The van der Waals surface area contributed by atoms with Crippen molar-refractivity contribution in [3.05, 3.63) is 64.7 Å². The molecular formula is C42H54ClN7O8. The van der Waals surface area contributed by atoms with Gasteiger partial charge in [-0.25, -0.2) is 4.79 Å². The number of aliphatic hydroxyl groups excluding tert-OH is 1. The van der Waals surface area contributed by atoms with E-state index in [1.165, 1.54) is 16.7 Å². The van der Waals surface area contributed by atoms with Crippen LogP contribution >= 0.6 is 11.6 Å². The molecule has 3 saturated heterocycles. The molecule has 15 nitrogen and oxygen atoms in total. The summed E-state index contributed by atoms with van der Waals surface area (Å²) in [6, 6.07) is 7.88. The fourth-order valence-corrected chi connectivity index (χ4v) is 8.93. The van der Waals surface area contributed by atoms with Crippen molar-refractivity contribution in [1.29, 1.82) is 0 Å². The van der Waals surface area contributed by atoms with E-state index < -0.39 is 71.5 Å². The van der Waals surface area contributed by atoms with Crippen LogP contribution in [0.1, 0.15) is 76.8 Å². The van der Waals surface area contributed by atoms with Gasteiger partial charge >= 0.3 is 6.03 Å². The number of carbonyl (C=O) groups is 7. The van der Waals surface area contributed by atoms with Gasteiger partial charge in [-0.3, -0.25) is 28.8 Å². The van der Waals surface area contributed by atoms with Crippen molar-refractivity contribution in [3.8, 4) is 0 Å². The minimum atomic E-state index is -1.46. The van der Waals surface area contributed by atoms with Crippen molar-refractivity contribution < 1.29 is 38.7 Å². The quantitative estimate of drug-likeness (QED) is 0.216. The molecule has 6 rings (SSSR count). The number of likely N-dealkylation sites (tertiary alicyclic amines) is 3. The summed E-state index contributed by atoms with van der Waals surface area (Å²) in [5.41, 5.74) is 1.34. The molecule has 58 heavy (non-hydrogen) atoms. The number of nitrogens with zero attached hydrogens (tertiary/aromatic N) is 3. The summed E-state index contributed by atoms with van der Waals surface area (Å²) in [5.74, 6) is -2.40. The molecule has 16 heteroatoms. The van der Waals surface area contributed by atoms with E-state index in [4.69, 9.17) is 11.6 Å². The van der Waals surface area contributed by atoms with Crippen LogP contribution in [-0.2, 0) is 35.2 Å². The smallest absolute Gasteiger partial charge is 0.319 e. The third-order valence-electron chi connectivity index (χ3n) is 11.7. The third kappa shape index (κ3) is 9.47. The van der Waals surface area contributed by atoms with Crippen molar-refractivity contribution in [1.82, 2.24) is 30.7 Å². The summed E-state index contributed by atoms with van der Waals surface area (Å²) in [6.07, 6.45) is 2.14. The molecule has 7 amide bonds. The van der Waals surface area contributed by atoms with Gasteiger partial charge < -0.3 is 41.1 Å². The van der Waals surface area contributed by atoms with Gasteiger partial charge in [-0.05, 0) is 89.0 Å². The number of rotatable bonds is 12. The molecule has 4 fully saturated rings. The van der Waals surface area contributed by atoms with Gasteiger partial charge in [-0.15, -0.1) is 0 Å². The first-order chi connectivity index (χ1) is 27.6. The number of amides is 7. The maximum absolute atomic E-state index is 14.3. The van der Waals surface area contributed by atoms with Crippen LogP contribution in [0.25, 0.3) is 0 Å². The Hall–Kier alpha value is -5.02. The van der Waals surface area contributed by atoms with Gasteiger partial charge in [-0.1, -0.05) is 54.4 Å². The van der Waals surface area contributed by atoms with E-state index in [9.17, 15) is 38.7 Å². The molecule has 2 aromatic rings. The zero-order valence-corrected chi connectivity index (χ0v) is 34.2. The highest BCUT2D eigenvalue weighted by Gasteiger charge is 2.63. The molecule has 312 valence electrons. The van der Waals surface area contributed by atoms with Gasteiger partial charge in [-0.2, -0.15) is 0 Å². The van der Waals surface area contributed by atoms with E-state index in [2.05, 4.69) is 21.3 Å². The number of Topliss-reactive ketones (excluding diaryl/α,β-unsaturated/α-hetero) is 1. The topological polar surface area (TPSA) is 198 Å². The molecule has 1 spiro atoms. The molecule has 0 bridgehead atoms. The lowest BCUT2D eigenvalue weighted by Crippen LogP contribution is -2.62. The van der Waals surface area contributed by atoms with Crippen LogP contribution in [0.5, 0.6) is 0 Å². The number of piperidine rings is 1. The Morgan fingerprint density at radius 2 is 1.60 bits per heavy atom. The monoisotopic (exact) mass is 819 g/mol. The van der Waals surface area contributed by atoms with Gasteiger partial charge in [0.15, 0.2) is 5.78 Å². The molecular weight excluding hydrogens is 766 g/mol. The average molecular weight is 820 g/mol. The molecule has 1 saturated carbocycles. The number of halogens is 1. The van der Waals surface area contributed by atoms with E-state index in [1.54, 1.807) is 36.1 Å². The SMILES string of the molecule is Cc1cccc(C[C@H](NC(=O)Nc2cccc(Cl)c2)C(=O)N[C@H](C(=O)N2CCC[C@H]2C(=O)N2CCCC[C@H]2C(=O)N[C@@H](C)C(=O)N2C[C@H](C)C[C@]23CC3=O)[C@H](C)O)c1. The molecule has 0 radical (unpaired) electrons. The molecule has 3 heterocycles. The van der Waals surface area contributed by atoms with E-state index in [-0.39, 0.29) is 37.1 Å². The summed E-state index contributed by atoms with van der Waals surface area (Å²) >= 11 is 6.08. The molecule has 4 aliphatic rings. The fraction of sp³-hybridized carbons (Fsp3) is 0.548. The summed E-state index contributed by atoms with van der Waals surface area (Å²) < 4.78 is 0. The number of hydrogen-bond acceptors (Lipinski definition) is 8. The average Bonchev–Trinajstić information content (AvgIpc) is 3.46. The van der Waals surface area contributed by atoms with E-state index >= 15 is 0 Å². The summed E-state index contributed by atoms with van der Waals surface area (Å²) in [5, 5.41) is 22.1. The Morgan fingerprint density at radius 1 is 0.897 bits per heavy atom. The van der Waals surface area contributed by atoms with Gasteiger partial charge in [0.1, 0.15) is 35.7 Å². The van der Waals surface area contributed by atoms with Crippen LogP contribution in [0.2, 0.25) is 5.02 Å². The molecule has 3 aliphatic heterocycles. The predicted octanol–water partition coefficient (Wildman–Crippen LogP) is 2.70. The maximum atomic E-state index is 14.3. The van der Waals surface area contributed by atoms with Crippen LogP contribution in [0.3, 0.4) is 0 Å². The Kier molecular flexibility index (Phi) is 13.1. The zero-order valence-electron chi connectivity index (χ0n) is 33.5. The largest absolute Gasteiger partial charge is 0.391 e. The third-order valence-corrected chi connectivity index (χ3v) is 12.0. The number of ketones is 1. The standard InChI is InChI=1S/C42H54ClN7O8/c1-24-10-7-11-28(18-24)19-31(46-41(58)45-30-13-8-12-29(43)20-30)36(53)47-35(27(4)51)40(57)49-17-9-15-33(49)39(56)48-16-6-5-14-32(48)37(54)44-26(3)38(55)50-23-25(2)21-42(50)22-34(42)52/h7-8,10-13,18,20,25-27,31-33,35,51H,5-6,9,14-17,19,21-23H2,1-4H3,(H,44,54)(H,47,53)(H2,45,46,58)/t25-,26+,27+,31+,32+,33+,35+,42-/m1/s1. The Morgan fingerprint density at radius 3 is 2.29 bits per heavy atom. The highest BCUT2D eigenvalue weighted by molar-refractivity contribution is 6.30. The molecule has 2 aromatic carbocycles. The van der Waals surface area contributed by atoms with Crippen molar-refractivity contribution in [2.45, 2.75) is 121 Å². The lowest BCUT2D eigenvalue weighted by Gasteiger charge is -2.39. The summed E-state index contributed by atoms with van der Waals surface area (Å²) in [7, 11) is 0. The number of urea groups is 1. The first kappa shape index (κ1) is 42.6. The first-order valence-corrected chi connectivity index (χ1v) is 20.6. The van der Waals surface area contributed by atoms with E-state index in [0.29, 0.717) is 62.2 Å². The number of anilines is 1. The Bertz CT molecular complexity index is 1940. The van der Waals surface area contributed by atoms with Gasteiger partial charge in [0.25, 0.3) is 0 Å². The van der Waals surface area contributed by atoms with E-state index in [1.807, 2.05) is 38.1 Å². The van der Waals surface area contributed by atoms with Crippen LogP contribution in [0.15, 0.2) is 48.5 Å². The summed E-state index contributed by atoms with van der Waals surface area (Å²) in [4.78, 5) is 99.6. The molecule has 0 aromatic heterocycles. The Balaban J connectivity index is 1.13. The highest BCUT2D eigenvalue weighted by atomic mass is 35.5. The Labute approximate surface area is 343 Å². The number of aryl methyl sites for hydroxylation is 1. The van der Waals surface area contributed by atoms with Crippen LogP contribution < -0.4 is 21.3 Å². The lowest BCUT2D eigenvalue weighted by atomic mass is 9.99. The second-order valence-electron chi connectivity index (χ2n) is 16.4. The number of hydrogen-bond donors (Lipinski definition) is 5. The van der Waals surface area contributed by atoms with Gasteiger partial charge in [0.2, 0.25) is 29.5 Å². The number of benzene rings is 2. The van der Waals surface area contributed by atoms with Crippen molar-refractivity contribution >= 4 is 58.6 Å². The van der Waals surface area contributed by atoms with Gasteiger partial charge in [0, 0.05) is 43.2 Å². The normalized spacial score (nSPS) is 24.8. The fourth-order valence-electron chi connectivity index (χ4n) is 8.74. The van der Waals surface area contributed by atoms with Crippen LogP contribution in [-0.4, -0.2) is 123 Å². The number of carbonyl (C=O) groups excluding carboxylic acids is 7. The second-order valence-corrected chi connectivity index (χ2v) is 16.9.